The molecule has 23 heavy (non-hydrogen) atoms. The van der Waals surface area contributed by atoms with Crippen LogP contribution >= 0.6 is 15.9 Å². The SMILES string of the molecule is CCCCc1nnn2c1C1c3cc(Br)ccc3CCN1C(=O)C2. The van der Waals surface area contributed by atoms with E-state index in [9.17, 15) is 4.79 Å². The molecule has 0 saturated carbocycles. The summed E-state index contributed by atoms with van der Waals surface area (Å²) in [5.41, 5.74) is 4.68. The molecule has 2 aliphatic heterocycles. The Kier molecular flexibility index (Phi) is 3.71. The summed E-state index contributed by atoms with van der Waals surface area (Å²) in [5.74, 6) is 0.139. The second-order valence-electron chi connectivity index (χ2n) is 6.27. The standard InChI is InChI=1S/C17H19BrN4O/c1-2-3-4-14-17-16-13-9-12(18)6-5-11(13)7-8-21(16)15(23)10-22(17)20-19-14/h5-6,9,16H,2-4,7-8,10H2,1H3. The number of unbranched alkanes of at least 4 members (excludes halogenated alkanes) is 1. The minimum atomic E-state index is -0.0423. The first kappa shape index (κ1) is 14.9. The zero-order valence-electron chi connectivity index (χ0n) is 13.1. The second-order valence-corrected chi connectivity index (χ2v) is 7.18. The van der Waals surface area contributed by atoms with Crippen LogP contribution in [0.15, 0.2) is 22.7 Å². The number of hydrogen-bond donors (Lipinski definition) is 0. The van der Waals surface area contributed by atoms with Crippen molar-refractivity contribution in [2.75, 3.05) is 6.54 Å². The number of halogens is 1. The molecular formula is C17H19BrN4O. The molecule has 0 aliphatic carbocycles. The molecule has 1 unspecified atom stereocenters. The Balaban J connectivity index is 1.86. The van der Waals surface area contributed by atoms with E-state index in [1.54, 1.807) is 0 Å². The van der Waals surface area contributed by atoms with Crippen molar-refractivity contribution in [2.24, 2.45) is 0 Å². The van der Waals surface area contributed by atoms with Crippen LogP contribution in [0.4, 0.5) is 0 Å². The van der Waals surface area contributed by atoms with Crippen LogP contribution in [-0.4, -0.2) is 32.3 Å². The van der Waals surface area contributed by atoms with Gasteiger partial charge in [-0.2, -0.15) is 0 Å². The molecule has 0 spiro atoms. The smallest absolute Gasteiger partial charge is 0.245 e. The quantitative estimate of drug-likeness (QED) is 0.829. The molecule has 3 heterocycles. The third-order valence-corrected chi connectivity index (χ3v) is 5.31. The number of fused-ring (bicyclic) bond motifs is 5. The highest BCUT2D eigenvalue weighted by molar-refractivity contribution is 9.10. The molecule has 0 N–H and O–H groups in total. The summed E-state index contributed by atoms with van der Waals surface area (Å²) in [6, 6.07) is 6.34. The van der Waals surface area contributed by atoms with E-state index in [1.807, 2.05) is 9.58 Å². The lowest BCUT2D eigenvalue weighted by atomic mass is 9.88. The van der Waals surface area contributed by atoms with Crippen LogP contribution in [0.5, 0.6) is 0 Å². The van der Waals surface area contributed by atoms with E-state index in [0.717, 1.165) is 48.1 Å². The Labute approximate surface area is 143 Å². The lowest BCUT2D eigenvalue weighted by Gasteiger charge is -2.40. The molecule has 2 aromatic rings. The normalized spacial score (nSPS) is 19.3. The van der Waals surface area contributed by atoms with Gasteiger partial charge >= 0.3 is 0 Å². The number of nitrogens with zero attached hydrogens (tertiary/aromatic N) is 4. The topological polar surface area (TPSA) is 51.0 Å². The van der Waals surface area contributed by atoms with Gasteiger partial charge in [0.2, 0.25) is 5.91 Å². The Morgan fingerprint density at radius 2 is 2.26 bits per heavy atom. The van der Waals surface area contributed by atoms with Crippen molar-refractivity contribution in [2.45, 2.75) is 45.2 Å². The van der Waals surface area contributed by atoms with Crippen molar-refractivity contribution in [3.63, 3.8) is 0 Å². The number of rotatable bonds is 3. The van der Waals surface area contributed by atoms with Gasteiger partial charge in [0.1, 0.15) is 12.6 Å². The second kappa shape index (κ2) is 5.74. The summed E-state index contributed by atoms with van der Waals surface area (Å²) in [6.45, 7) is 3.27. The third-order valence-electron chi connectivity index (χ3n) is 4.81. The number of carbonyl (C=O) groups excluding carboxylic acids is 1. The van der Waals surface area contributed by atoms with Crippen LogP contribution in [0, 0.1) is 0 Å². The minimum absolute atomic E-state index is 0.0423. The monoisotopic (exact) mass is 374 g/mol. The van der Waals surface area contributed by atoms with Crippen molar-refractivity contribution in [1.29, 1.82) is 0 Å². The fourth-order valence-electron chi connectivity index (χ4n) is 3.66. The molecule has 5 nitrogen and oxygen atoms in total. The maximum absolute atomic E-state index is 12.5. The van der Waals surface area contributed by atoms with Crippen LogP contribution < -0.4 is 0 Å². The van der Waals surface area contributed by atoms with Crippen molar-refractivity contribution in [3.05, 3.63) is 45.2 Å². The molecular weight excluding hydrogens is 356 g/mol. The van der Waals surface area contributed by atoms with Crippen molar-refractivity contribution in [1.82, 2.24) is 19.9 Å². The number of hydrogen-bond acceptors (Lipinski definition) is 3. The Morgan fingerprint density at radius 3 is 3.09 bits per heavy atom. The zero-order chi connectivity index (χ0) is 16.0. The zero-order valence-corrected chi connectivity index (χ0v) is 14.7. The van der Waals surface area contributed by atoms with Gasteiger partial charge in [0.15, 0.2) is 0 Å². The van der Waals surface area contributed by atoms with Crippen LogP contribution in [0.25, 0.3) is 0 Å². The predicted octanol–water partition coefficient (Wildman–Crippen LogP) is 2.87. The molecule has 1 atom stereocenters. The van der Waals surface area contributed by atoms with Crippen molar-refractivity contribution >= 4 is 21.8 Å². The van der Waals surface area contributed by atoms with Gasteiger partial charge in [0, 0.05) is 11.0 Å². The maximum atomic E-state index is 12.5. The molecule has 4 rings (SSSR count). The molecule has 0 radical (unpaired) electrons. The van der Waals surface area contributed by atoms with Gasteiger partial charge in [-0.1, -0.05) is 40.6 Å². The largest absolute Gasteiger partial charge is 0.328 e. The number of carbonyl (C=O) groups is 1. The van der Waals surface area contributed by atoms with Crippen LogP contribution in [0.2, 0.25) is 0 Å². The van der Waals surface area contributed by atoms with Crippen molar-refractivity contribution < 1.29 is 4.79 Å². The molecule has 2 aliphatic rings. The molecule has 1 aromatic carbocycles. The van der Waals surface area contributed by atoms with E-state index in [4.69, 9.17) is 0 Å². The first-order chi connectivity index (χ1) is 11.2. The first-order valence-corrected chi connectivity index (χ1v) is 8.98. The van der Waals surface area contributed by atoms with E-state index >= 15 is 0 Å². The van der Waals surface area contributed by atoms with Gasteiger partial charge in [0.25, 0.3) is 0 Å². The number of amides is 1. The highest BCUT2D eigenvalue weighted by Gasteiger charge is 2.40. The number of benzene rings is 1. The molecule has 1 amide bonds. The Bertz CT molecular complexity index is 770. The lowest BCUT2D eigenvalue weighted by molar-refractivity contribution is -0.136. The fourth-order valence-corrected chi connectivity index (χ4v) is 4.04. The Hall–Kier alpha value is -1.69. The molecule has 1 aromatic heterocycles. The number of aryl methyl sites for hydroxylation is 1. The first-order valence-electron chi connectivity index (χ1n) is 8.19. The van der Waals surface area contributed by atoms with E-state index in [0.29, 0.717) is 6.54 Å². The van der Waals surface area contributed by atoms with E-state index < -0.39 is 0 Å². The molecule has 0 saturated heterocycles. The highest BCUT2D eigenvalue weighted by atomic mass is 79.9. The average molecular weight is 375 g/mol. The van der Waals surface area contributed by atoms with Gasteiger partial charge in [-0.25, -0.2) is 4.68 Å². The van der Waals surface area contributed by atoms with Crippen molar-refractivity contribution in [3.8, 4) is 0 Å². The Morgan fingerprint density at radius 1 is 1.39 bits per heavy atom. The third kappa shape index (κ3) is 2.40. The van der Waals surface area contributed by atoms with Gasteiger partial charge in [-0.15, -0.1) is 5.10 Å². The van der Waals surface area contributed by atoms with Gasteiger partial charge in [-0.05, 0) is 42.5 Å². The number of aromatic nitrogens is 3. The van der Waals surface area contributed by atoms with Crippen LogP contribution in [-0.2, 0) is 24.2 Å². The summed E-state index contributed by atoms with van der Waals surface area (Å²) >= 11 is 3.57. The van der Waals surface area contributed by atoms with Crippen LogP contribution in [0.3, 0.4) is 0 Å². The minimum Gasteiger partial charge on any atom is -0.328 e. The summed E-state index contributed by atoms with van der Waals surface area (Å²) < 4.78 is 2.86. The molecule has 6 heteroatoms. The maximum Gasteiger partial charge on any atom is 0.245 e. The average Bonchev–Trinajstić information content (AvgIpc) is 2.95. The van der Waals surface area contributed by atoms with E-state index in [1.165, 1.54) is 11.1 Å². The molecule has 0 bridgehead atoms. The summed E-state index contributed by atoms with van der Waals surface area (Å²) in [7, 11) is 0. The summed E-state index contributed by atoms with van der Waals surface area (Å²) in [6.07, 6.45) is 4.06. The van der Waals surface area contributed by atoms with E-state index in [2.05, 4.69) is 51.4 Å². The molecule has 0 fully saturated rings. The van der Waals surface area contributed by atoms with Crippen LogP contribution in [0.1, 0.15) is 48.3 Å². The van der Waals surface area contributed by atoms with Gasteiger partial charge < -0.3 is 4.90 Å². The summed E-state index contributed by atoms with van der Waals surface area (Å²) in [5, 5.41) is 8.63. The van der Waals surface area contributed by atoms with E-state index in [-0.39, 0.29) is 11.9 Å². The molecule has 120 valence electrons. The predicted molar refractivity (Wildman–Crippen MR) is 90.0 cm³/mol. The van der Waals surface area contributed by atoms with Gasteiger partial charge in [0.05, 0.1) is 11.4 Å². The highest BCUT2D eigenvalue weighted by Crippen LogP contribution is 2.40. The van der Waals surface area contributed by atoms with Gasteiger partial charge in [-0.3, -0.25) is 4.79 Å². The summed E-state index contributed by atoms with van der Waals surface area (Å²) in [4.78, 5) is 14.5. The fraction of sp³-hybridized carbons (Fsp3) is 0.471. The lowest BCUT2D eigenvalue weighted by Crippen LogP contribution is -2.47.